The van der Waals surface area contributed by atoms with Crippen LogP contribution < -0.4 is 0 Å². The number of aryl methyl sites for hydroxylation is 2. The molecule has 0 unspecified atom stereocenters. The normalized spacial score (nSPS) is 11.4. The topological polar surface area (TPSA) is 48.5 Å². The fraction of sp³-hybridized carbons (Fsp3) is 0.0882. The minimum absolute atomic E-state index is 0.694. The molecule has 5 heteroatoms. The second-order valence-corrected chi connectivity index (χ2v) is 10.0. The van der Waals surface area contributed by atoms with Crippen molar-refractivity contribution in [3.8, 4) is 28.2 Å². The molecule has 0 N–H and O–H groups in total. The summed E-state index contributed by atoms with van der Waals surface area (Å²) >= 11 is 0. The van der Waals surface area contributed by atoms with Crippen LogP contribution in [0.2, 0.25) is 0 Å². The molecule has 188 valence electrons. The zero-order chi connectivity index (χ0) is 26.3. The van der Waals surface area contributed by atoms with Crippen LogP contribution in [0.5, 0.6) is 0 Å². The molecule has 3 aromatic heterocycles. The molecule has 0 fully saturated rings. The first-order chi connectivity index (χ1) is 19.2. The lowest BCUT2D eigenvalue weighted by atomic mass is 9.97. The van der Waals surface area contributed by atoms with Crippen LogP contribution in [0, 0.1) is 13.8 Å². The number of fused-ring (bicyclic) bond motifs is 2. The van der Waals surface area contributed by atoms with E-state index in [0.29, 0.717) is 6.54 Å². The third kappa shape index (κ3) is 3.99. The predicted molar refractivity (Wildman–Crippen MR) is 158 cm³/mol. The molecule has 39 heavy (non-hydrogen) atoms. The molecular weight excluding hydrogens is 478 g/mol. The summed E-state index contributed by atoms with van der Waals surface area (Å²) in [6.07, 6.45) is 3.52. The number of hydrogen-bond acceptors (Lipinski definition) is 3. The zero-order valence-corrected chi connectivity index (χ0v) is 21.9. The molecule has 0 spiro atoms. The van der Waals surface area contributed by atoms with Gasteiger partial charge in [-0.2, -0.15) is 0 Å². The van der Waals surface area contributed by atoms with Gasteiger partial charge in [0.1, 0.15) is 6.33 Å². The molecule has 0 saturated heterocycles. The first-order valence-electron chi connectivity index (χ1n) is 13.1. The van der Waals surface area contributed by atoms with Gasteiger partial charge in [0, 0.05) is 10.9 Å². The van der Waals surface area contributed by atoms with Crippen LogP contribution in [0.25, 0.3) is 50.3 Å². The van der Waals surface area contributed by atoms with Gasteiger partial charge in [-0.15, -0.1) is 0 Å². The van der Waals surface area contributed by atoms with E-state index < -0.39 is 0 Å². The minimum Gasteiger partial charge on any atom is -0.311 e. The summed E-state index contributed by atoms with van der Waals surface area (Å²) in [4.78, 5) is 14.4. The van der Waals surface area contributed by atoms with E-state index in [1.807, 2.05) is 12.4 Å². The van der Waals surface area contributed by atoms with Gasteiger partial charge >= 0.3 is 0 Å². The summed E-state index contributed by atoms with van der Waals surface area (Å²) < 4.78 is 4.35. The van der Waals surface area contributed by atoms with E-state index in [0.717, 1.165) is 33.8 Å². The van der Waals surface area contributed by atoms with Crippen LogP contribution >= 0.6 is 0 Å². The fourth-order valence-electron chi connectivity index (χ4n) is 5.38. The molecule has 7 aromatic rings. The molecule has 0 aliphatic carbocycles. The fourth-order valence-corrected chi connectivity index (χ4v) is 5.38. The second kappa shape index (κ2) is 9.37. The molecular formula is C34H27N5. The van der Waals surface area contributed by atoms with E-state index in [2.05, 4.69) is 125 Å². The monoisotopic (exact) mass is 505 g/mol. The van der Waals surface area contributed by atoms with Crippen molar-refractivity contribution in [3.05, 3.63) is 132 Å². The summed E-state index contributed by atoms with van der Waals surface area (Å²) in [5.41, 5.74) is 10.9. The van der Waals surface area contributed by atoms with Crippen LogP contribution in [-0.4, -0.2) is 24.1 Å². The Morgan fingerprint density at radius 1 is 0.641 bits per heavy atom. The quantitative estimate of drug-likeness (QED) is 0.240. The summed E-state index contributed by atoms with van der Waals surface area (Å²) in [5.74, 6) is 0.775. The highest BCUT2D eigenvalue weighted by molar-refractivity contribution is 6.06. The molecule has 0 atom stereocenters. The molecule has 0 amide bonds. The van der Waals surface area contributed by atoms with Crippen molar-refractivity contribution < 1.29 is 0 Å². The number of aromatic nitrogens is 5. The van der Waals surface area contributed by atoms with Crippen molar-refractivity contribution in [3.63, 3.8) is 0 Å². The zero-order valence-electron chi connectivity index (χ0n) is 21.9. The third-order valence-electron chi connectivity index (χ3n) is 7.33. The van der Waals surface area contributed by atoms with E-state index >= 15 is 0 Å². The van der Waals surface area contributed by atoms with Gasteiger partial charge in [0.15, 0.2) is 17.0 Å². The Bertz CT molecular complexity index is 1930. The van der Waals surface area contributed by atoms with Crippen molar-refractivity contribution in [1.29, 1.82) is 0 Å². The highest BCUT2D eigenvalue weighted by Crippen LogP contribution is 2.43. The van der Waals surface area contributed by atoms with Gasteiger partial charge in [-0.05, 0) is 36.6 Å². The van der Waals surface area contributed by atoms with Crippen molar-refractivity contribution >= 4 is 22.1 Å². The lowest BCUT2D eigenvalue weighted by Crippen LogP contribution is -2.04. The number of imidazole rings is 1. The largest absolute Gasteiger partial charge is 0.311 e. The molecule has 0 radical (unpaired) electrons. The number of nitrogens with zero attached hydrogens (tertiary/aromatic N) is 5. The Balaban J connectivity index is 1.53. The smallest absolute Gasteiger partial charge is 0.169 e. The SMILES string of the molecule is Cc1ccc(-c2c(-c3ccc(C)cc3)n(-c3ncnc4c3ncn4Cc3ccccc3)c3ccccc23)cc1. The highest BCUT2D eigenvalue weighted by atomic mass is 15.2. The Labute approximate surface area is 227 Å². The van der Waals surface area contributed by atoms with Gasteiger partial charge in [-0.25, -0.2) is 15.0 Å². The van der Waals surface area contributed by atoms with Crippen LogP contribution in [-0.2, 0) is 6.54 Å². The molecule has 4 aromatic carbocycles. The van der Waals surface area contributed by atoms with Gasteiger partial charge in [0.05, 0.1) is 24.1 Å². The van der Waals surface area contributed by atoms with E-state index in [1.165, 1.54) is 33.2 Å². The van der Waals surface area contributed by atoms with Gasteiger partial charge in [-0.3, -0.25) is 4.57 Å². The Morgan fingerprint density at radius 3 is 2.05 bits per heavy atom. The summed E-state index contributed by atoms with van der Waals surface area (Å²) in [6, 6.07) is 36.5. The number of hydrogen-bond donors (Lipinski definition) is 0. The minimum atomic E-state index is 0.694. The first kappa shape index (κ1) is 23.1. The van der Waals surface area contributed by atoms with Gasteiger partial charge in [0.2, 0.25) is 0 Å². The van der Waals surface area contributed by atoms with Gasteiger partial charge < -0.3 is 4.57 Å². The standard InChI is InChI=1S/C34H27N5/c1-23-12-16-26(17-13-23)30-28-10-6-7-11-29(28)39(32(30)27-18-14-24(2)15-19-27)34-31-33(35-21-36-34)38(22-37-31)20-25-8-4-3-5-9-25/h3-19,21-22H,20H2,1-2H3. The van der Waals surface area contributed by atoms with Crippen molar-refractivity contribution in [2.75, 3.05) is 0 Å². The average Bonchev–Trinajstić information content (AvgIpc) is 3.54. The molecule has 5 nitrogen and oxygen atoms in total. The van der Waals surface area contributed by atoms with Crippen LogP contribution in [0.1, 0.15) is 16.7 Å². The van der Waals surface area contributed by atoms with E-state index in [4.69, 9.17) is 9.97 Å². The summed E-state index contributed by atoms with van der Waals surface area (Å²) in [6.45, 7) is 4.94. The molecule has 0 aliphatic rings. The molecule has 0 aliphatic heterocycles. The van der Waals surface area contributed by atoms with E-state index in [9.17, 15) is 0 Å². The maximum absolute atomic E-state index is 4.86. The molecule has 3 heterocycles. The van der Waals surface area contributed by atoms with Crippen molar-refractivity contribution in [2.24, 2.45) is 0 Å². The average molecular weight is 506 g/mol. The summed E-state index contributed by atoms with van der Waals surface area (Å²) in [7, 11) is 0. The molecule has 7 rings (SSSR count). The Hall–Kier alpha value is -5.03. The Kier molecular flexibility index (Phi) is 5.55. The number of benzene rings is 4. The third-order valence-corrected chi connectivity index (χ3v) is 7.33. The van der Waals surface area contributed by atoms with Gasteiger partial charge in [-0.1, -0.05) is 108 Å². The lowest BCUT2D eigenvalue weighted by Gasteiger charge is -2.13. The van der Waals surface area contributed by atoms with Crippen LogP contribution in [0.15, 0.2) is 116 Å². The number of rotatable bonds is 5. The van der Waals surface area contributed by atoms with Crippen LogP contribution in [0.3, 0.4) is 0 Å². The second-order valence-electron chi connectivity index (χ2n) is 10.0. The Morgan fingerprint density at radius 2 is 1.31 bits per heavy atom. The van der Waals surface area contributed by atoms with E-state index in [1.54, 1.807) is 6.33 Å². The maximum Gasteiger partial charge on any atom is 0.169 e. The first-order valence-corrected chi connectivity index (χ1v) is 13.1. The maximum atomic E-state index is 4.86. The lowest BCUT2D eigenvalue weighted by molar-refractivity contribution is 0.813. The van der Waals surface area contributed by atoms with Crippen molar-refractivity contribution in [2.45, 2.75) is 20.4 Å². The predicted octanol–water partition coefficient (Wildman–Crippen LogP) is 7.77. The summed E-state index contributed by atoms with van der Waals surface area (Å²) in [5, 5.41) is 1.17. The van der Waals surface area contributed by atoms with E-state index in [-0.39, 0.29) is 0 Å². The van der Waals surface area contributed by atoms with Crippen molar-refractivity contribution in [1.82, 2.24) is 24.1 Å². The molecule has 0 bridgehead atoms. The highest BCUT2D eigenvalue weighted by Gasteiger charge is 2.24. The van der Waals surface area contributed by atoms with Crippen LogP contribution in [0.4, 0.5) is 0 Å². The van der Waals surface area contributed by atoms with Gasteiger partial charge in [0.25, 0.3) is 0 Å². The molecule has 0 saturated carbocycles. The number of para-hydroxylation sites is 1.